The number of ether oxygens (including phenoxy) is 1. The maximum Gasteiger partial charge on any atom is 0.316 e. The zero-order valence-electron chi connectivity index (χ0n) is 7.26. The number of nitrogens with zero attached hydrogens (tertiary/aromatic N) is 3. The third kappa shape index (κ3) is 2.12. The second-order valence-corrected chi connectivity index (χ2v) is 2.26. The molecule has 1 amide bonds. The van der Waals surface area contributed by atoms with Gasteiger partial charge in [-0.05, 0) is 0 Å². The van der Waals surface area contributed by atoms with Gasteiger partial charge in [0.2, 0.25) is 5.91 Å². The van der Waals surface area contributed by atoms with Crippen molar-refractivity contribution in [3.05, 3.63) is 12.4 Å². The summed E-state index contributed by atoms with van der Waals surface area (Å²) in [5, 5.41) is 9.58. The monoisotopic (exact) mass is 183 g/mol. The molecule has 1 aromatic heterocycles. The van der Waals surface area contributed by atoms with Gasteiger partial charge < -0.3 is 4.74 Å². The molecule has 0 saturated carbocycles. The molecule has 0 aromatic carbocycles. The number of methoxy groups -OCH3 is 1. The highest BCUT2D eigenvalue weighted by Gasteiger charge is 2.08. The van der Waals surface area contributed by atoms with Gasteiger partial charge in [0.25, 0.3) is 0 Å². The molecule has 0 unspecified atom stereocenters. The van der Waals surface area contributed by atoms with Gasteiger partial charge in [-0.1, -0.05) is 0 Å². The number of hydrogen-bond donors (Lipinski definition) is 1. The summed E-state index contributed by atoms with van der Waals surface area (Å²) in [5.74, 6) is -0.506. The maximum atomic E-state index is 10.7. The van der Waals surface area contributed by atoms with Crippen molar-refractivity contribution in [2.24, 2.45) is 0 Å². The van der Waals surface area contributed by atoms with E-state index in [-0.39, 0.29) is 11.7 Å². The molecule has 0 radical (unpaired) electrons. The third-order valence-electron chi connectivity index (χ3n) is 1.34. The number of rotatable bonds is 2. The van der Waals surface area contributed by atoms with Crippen LogP contribution < -0.4 is 9.80 Å². The van der Waals surface area contributed by atoms with E-state index >= 15 is 0 Å². The molecule has 1 N–H and O–H groups in total. The van der Waals surface area contributed by atoms with Gasteiger partial charge in [0.05, 0.1) is 19.5 Å². The van der Waals surface area contributed by atoms with Gasteiger partial charge in [-0.3, -0.25) is 10.0 Å². The molecule has 0 aliphatic heterocycles. The van der Waals surface area contributed by atoms with Gasteiger partial charge in [-0.25, -0.2) is 9.97 Å². The second kappa shape index (κ2) is 3.81. The Morgan fingerprint density at radius 1 is 1.54 bits per heavy atom. The van der Waals surface area contributed by atoms with E-state index in [4.69, 9.17) is 9.94 Å². The minimum Gasteiger partial charge on any atom is -0.467 e. The van der Waals surface area contributed by atoms with Gasteiger partial charge in [0.15, 0.2) is 0 Å². The van der Waals surface area contributed by atoms with E-state index in [0.29, 0.717) is 5.06 Å². The second-order valence-electron chi connectivity index (χ2n) is 2.26. The molecule has 0 fully saturated rings. The van der Waals surface area contributed by atoms with Crippen LogP contribution in [0.5, 0.6) is 6.01 Å². The van der Waals surface area contributed by atoms with Gasteiger partial charge in [0, 0.05) is 6.92 Å². The lowest BCUT2D eigenvalue weighted by atomic mass is 10.5. The molecule has 70 valence electrons. The number of aromatic nitrogens is 2. The molecule has 1 rings (SSSR count). The maximum absolute atomic E-state index is 10.7. The molecular formula is C7H9N3O3. The largest absolute Gasteiger partial charge is 0.467 e. The van der Waals surface area contributed by atoms with Crippen LogP contribution in [0.3, 0.4) is 0 Å². The standard InChI is InChI=1S/C7H9N3O3/c1-5(11)10(12)6-3-8-7(13-2)9-4-6/h3-4,12H,1-2H3. The van der Waals surface area contributed by atoms with Crippen molar-refractivity contribution in [3.63, 3.8) is 0 Å². The van der Waals surface area contributed by atoms with Crippen molar-refractivity contribution >= 4 is 11.6 Å². The van der Waals surface area contributed by atoms with Crippen LogP contribution in [0.1, 0.15) is 6.92 Å². The molecule has 1 heterocycles. The number of anilines is 1. The summed E-state index contributed by atoms with van der Waals surface area (Å²) < 4.78 is 4.70. The Bertz CT molecular complexity index is 298. The van der Waals surface area contributed by atoms with E-state index in [1.165, 1.54) is 26.4 Å². The van der Waals surface area contributed by atoms with Crippen LogP contribution in [-0.2, 0) is 4.79 Å². The quantitative estimate of drug-likeness (QED) is 0.524. The Kier molecular flexibility index (Phi) is 2.76. The van der Waals surface area contributed by atoms with Crippen LogP contribution in [-0.4, -0.2) is 28.2 Å². The Morgan fingerprint density at radius 2 is 2.08 bits per heavy atom. The predicted octanol–water partition coefficient (Wildman–Crippen LogP) is 0.227. The molecule has 6 heteroatoms. The van der Waals surface area contributed by atoms with Crippen molar-refractivity contribution in [3.8, 4) is 6.01 Å². The molecular weight excluding hydrogens is 174 g/mol. The van der Waals surface area contributed by atoms with Crippen molar-refractivity contribution in [2.45, 2.75) is 6.92 Å². The van der Waals surface area contributed by atoms with Gasteiger partial charge >= 0.3 is 6.01 Å². The molecule has 0 aliphatic carbocycles. The van der Waals surface area contributed by atoms with Gasteiger partial charge in [-0.2, -0.15) is 5.06 Å². The fraction of sp³-hybridized carbons (Fsp3) is 0.286. The van der Waals surface area contributed by atoms with Crippen LogP contribution in [0, 0.1) is 0 Å². The lowest BCUT2D eigenvalue weighted by Crippen LogP contribution is -2.23. The molecule has 0 aliphatic rings. The topological polar surface area (TPSA) is 75.6 Å². The smallest absolute Gasteiger partial charge is 0.316 e. The number of carbonyl (C=O) groups is 1. The SMILES string of the molecule is COc1ncc(N(O)C(C)=O)cn1. The molecule has 0 atom stereocenters. The number of hydroxylamine groups is 1. The van der Waals surface area contributed by atoms with Crippen molar-refractivity contribution in [2.75, 3.05) is 12.2 Å². The fourth-order valence-corrected chi connectivity index (χ4v) is 0.706. The highest BCUT2D eigenvalue weighted by molar-refractivity contribution is 5.88. The van der Waals surface area contributed by atoms with Crippen molar-refractivity contribution in [1.29, 1.82) is 0 Å². The van der Waals surface area contributed by atoms with Gasteiger partial charge in [0.1, 0.15) is 5.69 Å². The highest BCUT2D eigenvalue weighted by atomic mass is 16.5. The summed E-state index contributed by atoms with van der Waals surface area (Å²) in [7, 11) is 1.43. The summed E-state index contributed by atoms with van der Waals surface area (Å²) in [4.78, 5) is 18.1. The lowest BCUT2D eigenvalue weighted by Gasteiger charge is -2.10. The molecule has 0 spiro atoms. The Hall–Kier alpha value is -1.69. The first-order valence-corrected chi connectivity index (χ1v) is 3.50. The molecule has 0 bridgehead atoms. The Morgan fingerprint density at radius 3 is 2.46 bits per heavy atom. The number of carbonyl (C=O) groups excluding carboxylic acids is 1. The first-order valence-electron chi connectivity index (χ1n) is 3.50. The van der Waals surface area contributed by atoms with E-state index in [1.807, 2.05) is 0 Å². The summed E-state index contributed by atoms with van der Waals surface area (Å²) in [6, 6.07) is 0.181. The van der Waals surface area contributed by atoms with E-state index in [1.54, 1.807) is 0 Å². The van der Waals surface area contributed by atoms with E-state index in [9.17, 15) is 4.79 Å². The lowest BCUT2D eigenvalue weighted by molar-refractivity contribution is -0.121. The predicted molar refractivity (Wildman–Crippen MR) is 43.5 cm³/mol. The average molecular weight is 183 g/mol. The van der Waals surface area contributed by atoms with E-state index < -0.39 is 5.91 Å². The highest BCUT2D eigenvalue weighted by Crippen LogP contribution is 2.10. The normalized spacial score (nSPS) is 9.46. The third-order valence-corrected chi connectivity index (χ3v) is 1.34. The zero-order chi connectivity index (χ0) is 9.84. The fourth-order valence-electron chi connectivity index (χ4n) is 0.706. The first kappa shape index (κ1) is 9.40. The first-order chi connectivity index (χ1) is 6.15. The van der Waals surface area contributed by atoms with E-state index in [2.05, 4.69) is 9.97 Å². The number of amides is 1. The minimum absolute atomic E-state index is 0.181. The Balaban J connectivity index is 2.85. The zero-order valence-corrected chi connectivity index (χ0v) is 7.26. The van der Waals surface area contributed by atoms with Gasteiger partial charge in [-0.15, -0.1) is 0 Å². The number of hydrogen-bond acceptors (Lipinski definition) is 5. The summed E-state index contributed by atoms with van der Waals surface area (Å²) in [6.07, 6.45) is 2.57. The van der Waals surface area contributed by atoms with Crippen LogP contribution in [0.4, 0.5) is 5.69 Å². The van der Waals surface area contributed by atoms with Crippen molar-refractivity contribution < 1.29 is 14.7 Å². The van der Waals surface area contributed by atoms with Crippen molar-refractivity contribution in [1.82, 2.24) is 9.97 Å². The minimum atomic E-state index is -0.506. The summed E-state index contributed by atoms with van der Waals surface area (Å²) in [6.45, 7) is 1.23. The average Bonchev–Trinajstić information content (AvgIpc) is 2.17. The molecule has 13 heavy (non-hydrogen) atoms. The molecule has 1 aromatic rings. The van der Waals surface area contributed by atoms with Crippen LogP contribution in [0.2, 0.25) is 0 Å². The van der Waals surface area contributed by atoms with Crippen LogP contribution in [0.15, 0.2) is 12.4 Å². The van der Waals surface area contributed by atoms with Crippen LogP contribution in [0.25, 0.3) is 0 Å². The molecule has 0 saturated heterocycles. The van der Waals surface area contributed by atoms with Crippen LogP contribution >= 0.6 is 0 Å². The summed E-state index contributed by atoms with van der Waals surface area (Å²) >= 11 is 0. The van der Waals surface area contributed by atoms with E-state index in [0.717, 1.165) is 0 Å². The molecule has 6 nitrogen and oxygen atoms in total. The Labute approximate surface area is 74.7 Å². The summed E-state index contributed by atoms with van der Waals surface area (Å²) in [5.41, 5.74) is 0.202.